The van der Waals surface area contributed by atoms with Gasteiger partial charge in [0.25, 0.3) is 0 Å². The maximum Gasteiger partial charge on any atom is 0.307 e. The molecular weight excluding hydrogens is 282 g/mol. The molecule has 0 saturated carbocycles. The summed E-state index contributed by atoms with van der Waals surface area (Å²) in [6.45, 7) is 0. The van der Waals surface area contributed by atoms with Gasteiger partial charge in [-0.25, -0.2) is 0 Å². The third-order valence-electron chi connectivity index (χ3n) is 3.30. The number of hydrogen-bond acceptors (Lipinski definition) is 3. The Kier molecular flexibility index (Phi) is 4.29. The second-order valence-corrected chi connectivity index (χ2v) is 5.06. The van der Waals surface area contributed by atoms with Crippen molar-refractivity contribution in [3.63, 3.8) is 0 Å². The minimum atomic E-state index is -0.974. The van der Waals surface area contributed by atoms with Crippen LogP contribution in [0.1, 0.15) is 12.8 Å². The molecule has 0 fully saturated rings. The van der Waals surface area contributed by atoms with Gasteiger partial charge >= 0.3 is 5.97 Å². The largest absolute Gasteiger partial charge is 0.506 e. The van der Waals surface area contributed by atoms with Gasteiger partial charge in [-0.3, -0.25) is 9.59 Å². The number of carbonyl (C=O) groups excluding carboxylic acids is 1. The van der Waals surface area contributed by atoms with Crippen molar-refractivity contribution < 1.29 is 19.8 Å². The number of carbonyl (C=O) groups is 2. The molecule has 1 aliphatic rings. The molecule has 0 saturated heterocycles. The van der Waals surface area contributed by atoms with Crippen LogP contribution in [0.3, 0.4) is 0 Å². The second-order valence-electron chi connectivity index (χ2n) is 4.65. The fourth-order valence-corrected chi connectivity index (χ4v) is 2.38. The lowest BCUT2D eigenvalue weighted by Crippen LogP contribution is -2.34. The van der Waals surface area contributed by atoms with Gasteiger partial charge in [0.05, 0.1) is 16.9 Å². The summed E-state index contributed by atoms with van der Waals surface area (Å²) in [4.78, 5) is 23.3. The highest BCUT2D eigenvalue weighted by Gasteiger charge is 2.33. The van der Waals surface area contributed by atoms with E-state index in [1.807, 2.05) is 6.08 Å². The first-order valence-corrected chi connectivity index (χ1v) is 6.54. The first-order chi connectivity index (χ1) is 9.49. The van der Waals surface area contributed by atoms with Gasteiger partial charge in [0.1, 0.15) is 5.75 Å². The highest BCUT2D eigenvalue weighted by Crippen LogP contribution is 2.29. The van der Waals surface area contributed by atoms with Crippen molar-refractivity contribution in [2.75, 3.05) is 5.32 Å². The number of carboxylic acids is 1. The minimum Gasteiger partial charge on any atom is -0.506 e. The van der Waals surface area contributed by atoms with Crippen molar-refractivity contribution in [1.82, 2.24) is 0 Å². The normalized spacial score (nSPS) is 21.4. The molecule has 1 aromatic rings. The van der Waals surface area contributed by atoms with E-state index in [0.29, 0.717) is 18.5 Å². The Hall–Kier alpha value is -2.01. The zero-order valence-electron chi connectivity index (χ0n) is 10.5. The Labute approximate surface area is 120 Å². The SMILES string of the molecule is O=C(O)[C@H]1CC=CC[C@H]1C(=O)Nc1ccc(O)c(Cl)c1. The summed E-state index contributed by atoms with van der Waals surface area (Å²) in [6.07, 6.45) is 4.34. The smallest absolute Gasteiger partial charge is 0.307 e. The molecule has 6 heteroatoms. The molecule has 5 nitrogen and oxygen atoms in total. The number of benzene rings is 1. The van der Waals surface area contributed by atoms with E-state index in [1.54, 1.807) is 6.08 Å². The molecule has 20 heavy (non-hydrogen) atoms. The van der Waals surface area contributed by atoms with Crippen LogP contribution in [0.25, 0.3) is 0 Å². The van der Waals surface area contributed by atoms with Gasteiger partial charge in [-0.1, -0.05) is 23.8 Å². The number of allylic oxidation sites excluding steroid dienone is 2. The van der Waals surface area contributed by atoms with Crippen LogP contribution >= 0.6 is 11.6 Å². The third kappa shape index (κ3) is 3.11. The summed E-state index contributed by atoms with van der Waals surface area (Å²) in [6, 6.07) is 4.30. The summed E-state index contributed by atoms with van der Waals surface area (Å²) in [7, 11) is 0. The molecule has 0 aromatic heterocycles. The van der Waals surface area contributed by atoms with E-state index < -0.39 is 17.8 Å². The van der Waals surface area contributed by atoms with Gasteiger partial charge in [-0.05, 0) is 31.0 Å². The summed E-state index contributed by atoms with van der Waals surface area (Å²) in [5.74, 6) is -2.73. The van der Waals surface area contributed by atoms with Gasteiger partial charge in [-0.15, -0.1) is 0 Å². The van der Waals surface area contributed by atoms with E-state index in [2.05, 4.69) is 5.32 Å². The number of phenolic OH excluding ortho intramolecular Hbond substituents is 1. The second kappa shape index (κ2) is 5.96. The molecule has 0 bridgehead atoms. The zero-order chi connectivity index (χ0) is 14.7. The number of aliphatic carboxylic acids is 1. The number of amides is 1. The van der Waals surface area contributed by atoms with Gasteiger partial charge < -0.3 is 15.5 Å². The lowest BCUT2D eigenvalue weighted by Gasteiger charge is -2.24. The average Bonchev–Trinajstić information content (AvgIpc) is 2.43. The average molecular weight is 296 g/mol. The molecule has 0 radical (unpaired) electrons. The molecule has 0 heterocycles. The lowest BCUT2D eigenvalue weighted by molar-refractivity contribution is -0.146. The van der Waals surface area contributed by atoms with E-state index >= 15 is 0 Å². The Balaban J connectivity index is 2.12. The predicted octanol–water partition coefficient (Wildman–Crippen LogP) is 2.65. The lowest BCUT2D eigenvalue weighted by atomic mass is 9.82. The first kappa shape index (κ1) is 14.4. The van der Waals surface area contributed by atoms with Crippen molar-refractivity contribution in [1.29, 1.82) is 0 Å². The van der Waals surface area contributed by atoms with Crippen molar-refractivity contribution in [3.05, 3.63) is 35.4 Å². The number of carboxylic acid groups (broad SMARTS) is 1. The molecule has 1 amide bonds. The zero-order valence-corrected chi connectivity index (χ0v) is 11.3. The Bertz CT molecular complexity index is 570. The number of nitrogens with one attached hydrogen (secondary N) is 1. The summed E-state index contributed by atoms with van der Waals surface area (Å²) in [5.41, 5.74) is 0.427. The minimum absolute atomic E-state index is 0.0753. The Morgan fingerprint density at radius 1 is 1.20 bits per heavy atom. The number of hydrogen-bond donors (Lipinski definition) is 3. The third-order valence-corrected chi connectivity index (χ3v) is 3.60. The molecule has 2 atom stereocenters. The molecule has 0 unspecified atom stereocenters. The first-order valence-electron chi connectivity index (χ1n) is 6.16. The highest BCUT2D eigenvalue weighted by molar-refractivity contribution is 6.32. The topological polar surface area (TPSA) is 86.6 Å². The van der Waals surface area contributed by atoms with Crippen LogP contribution in [0.2, 0.25) is 5.02 Å². The summed E-state index contributed by atoms with van der Waals surface area (Å²) < 4.78 is 0. The van der Waals surface area contributed by atoms with Crippen LogP contribution in [0.15, 0.2) is 30.4 Å². The van der Waals surface area contributed by atoms with E-state index in [-0.39, 0.29) is 16.7 Å². The van der Waals surface area contributed by atoms with Crippen LogP contribution < -0.4 is 5.32 Å². The maximum absolute atomic E-state index is 12.2. The van der Waals surface area contributed by atoms with Gasteiger partial charge in [0, 0.05) is 5.69 Å². The van der Waals surface area contributed by atoms with Gasteiger partial charge in [-0.2, -0.15) is 0 Å². The molecule has 1 aliphatic carbocycles. The van der Waals surface area contributed by atoms with Crippen molar-refractivity contribution in [3.8, 4) is 5.75 Å². The summed E-state index contributed by atoms with van der Waals surface area (Å²) >= 11 is 5.76. The Morgan fingerprint density at radius 2 is 1.85 bits per heavy atom. The molecular formula is C14H14ClNO4. The molecule has 0 spiro atoms. The van der Waals surface area contributed by atoms with Crippen LogP contribution in [0.5, 0.6) is 5.75 Å². The fourth-order valence-electron chi connectivity index (χ4n) is 2.20. The predicted molar refractivity (Wildman–Crippen MR) is 74.7 cm³/mol. The highest BCUT2D eigenvalue weighted by atomic mass is 35.5. The molecule has 1 aromatic carbocycles. The number of anilines is 1. The van der Waals surface area contributed by atoms with Crippen molar-refractivity contribution >= 4 is 29.2 Å². The van der Waals surface area contributed by atoms with Crippen molar-refractivity contribution in [2.45, 2.75) is 12.8 Å². The monoisotopic (exact) mass is 295 g/mol. The van der Waals surface area contributed by atoms with Crippen LogP contribution in [0, 0.1) is 11.8 Å². The molecule has 3 N–H and O–H groups in total. The molecule has 106 valence electrons. The fraction of sp³-hybridized carbons (Fsp3) is 0.286. The molecule has 2 rings (SSSR count). The van der Waals surface area contributed by atoms with E-state index in [1.165, 1.54) is 18.2 Å². The van der Waals surface area contributed by atoms with E-state index in [9.17, 15) is 14.7 Å². The van der Waals surface area contributed by atoms with Gasteiger partial charge in [0.2, 0.25) is 5.91 Å². The van der Waals surface area contributed by atoms with E-state index in [4.69, 9.17) is 16.7 Å². The van der Waals surface area contributed by atoms with Crippen molar-refractivity contribution in [2.24, 2.45) is 11.8 Å². The van der Waals surface area contributed by atoms with Crippen LogP contribution in [0.4, 0.5) is 5.69 Å². The number of phenols is 1. The van der Waals surface area contributed by atoms with Crippen LogP contribution in [-0.2, 0) is 9.59 Å². The van der Waals surface area contributed by atoms with Gasteiger partial charge in [0.15, 0.2) is 0 Å². The Morgan fingerprint density at radius 3 is 2.45 bits per heavy atom. The molecule has 0 aliphatic heterocycles. The quantitative estimate of drug-likeness (QED) is 0.591. The number of halogens is 1. The standard InChI is InChI=1S/C14H14ClNO4/c15-11-7-8(5-6-12(11)17)16-13(18)9-3-1-2-4-10(9)14(19)20/h1-2,5-7,9-10,17H,3-4H2,(H,16,18)(H,19,20)/t9-,10+/m1/s1. The number of rotatable bonds is 3. The maximum atomic E-state index is 12.2. The number of aromatic hydroxyl groups is 1. The van der Waals surface area contributed by atoms with E-state index in [0.717, 1.165) is 0 Å². The van der Waals surface area contributed by atoms with Crippen LogP contribution in [-0.4, -0.2) is 22.1 Å². The summed E-state index contributed by atoms with van der Waals surface area (Å²) in [5, 5.41) is 21.2.